The van der Waals surface area contributed by atoms with Gasteiger partial charge in [0.25, 0.3) is 5.91 Å². The second-order valence-electron chi connectivity index (χ2n) is 6.59. The fourth-order valence-electron chi connectivity index (χ4n) is 3.16. The van der Waals surface area contributed by atoms with E-state index in [1.54, 1.807) is 6.07 Å². The van der Waals surface area contributed by atoms with Crippen LogP contribution in [0.2, 0.25) is 0 Å². The Morgan fingerprint density at radius 2 is 1.97 bits per heavy atom. The van der Waals surface area contributed by atoms with Crippen molar-refractivity contribution in [1.82, 2.24) is 24.8 Å². The molecule has 1 amide bonds. The van der Waals surface area contributed by atoms with E-state index in [1.165, 1.54) is 33.7 Å². The van der Waals surface area contributed by atoms with Crippen LogP contribution in [0.5, 0.6) is 5.75 Å². The first-order valence-electron chi connectivity index (χ1n) is 9.29. The number of fused-ring (bicyclic) bond motifs is 2. The zero-order valence-electron chi connectivity index (χ0n) is 15.9. The molecule has 0 unspecified atom stereocenters. The summed E-state index contributed by atoms with van der Waals surface area (Å²) in [4.78, 5) is 21.9. The van der Waals surface area contributed by atoms with Crippen LogP contribution in [0, 0.1) is 11.6 Å². The number of amides is 1. The molecule has 2 aromatic carbocycles. The Hall–Kier alpha value is -3.60. The molecule has 0 atom stereocenters. The van der Waals surface area contributed by atoms with Crippen LogP contribution in [-0.2, 0) is 6.61 Å². The third-order valence-corrected chi connectivity index (χ3v) is 5.50. The molecule has 0 bridgehead atoms. The summed E-state index contributed by atoms with van der Waals surface area (Å²) in [5.74, 6) is -1.10. The zero-order valence-corrected chi connectivity index (χ0v) is 16.7. The normalized spacial score (nSPS) is 13.3. The van der Waals surface area contributed by atoms with E-state index in [0.29, 0.717) is 34.3 Å². The van der Waals surface area contributed by atoms with E-state index in [2.05, 4.69) is 20.2 Å². The van der Waals surface area contributed by atoms with Gasteiger partial charge in [0.15, 0.2) is 17.4 Å². The number of benzene rings is 2. The number of nitrogens with zero attached hydrogens (tertiary/aromatic N) is 6. The van der Waals surface area contributed by atoms with Gasteiger partial charge in [-0.1, -0.05) is 23.9 Å². The van der Waals surface area contributed by atoms with Crippen LogP contribution in [0.4, 0.5) is 8.78 Å². The molecule has 0 saturated heterocycles. The van der Waals surface area contributed by atoms with Crippen LogP contribution in [0.1, 0.15) is 16.3 Å². The molecule has 0 radical (unpaired) electrons. The summed E-state index contributed by atoms with van der Waals surface area (Å²) in [6.45, 7) is 0.226. The number of halogens is 2. The van der Waals surface area contributed by atoms with Gasteiger partial charge in [0.05, 0.1) is 23.8 Å². The molecular weight excluding hydrogens is 426 g/mol. The van der Waals surface area contributed by atoms with Crippen LogP contribution < -0.4 is 9.75 Å². The molecule has 0 N–H and O–H groups in total. The van der Waals surface area contributed by atoms with Crippen molar-refractivity contribution in [2.45, 2.75) is 11.8 Å². The SMILES string of the molecule is O=C(c1cnc2ccccc2n1)N1CCSc2nnc(COc3ccc(F)cc3F)n21. The molecule has 5 rings (SSSR count). The van der Waals surface area contributed by atoms with Gasteiger partial charge >= 0.3 is 0 Å². The van der Waals surface area contributed by atoms with Gasteiger partial charge in [-0.15, -0.1) is 10.2 Å². The molecule has 11 heteroatoms. The van der Waals surface area contributed by atoms with Crippen molar-refractivity contribution in [2.24, 2.45) is 0 Å². The van der Waals surface area contributed by atoms with Crippen molar-refractivity contribution in [3.8, 4) is 5.75 Å². The first-order chi connectivity index (χ1) is 15.1. The van der Waals surface area contributed by atoms with Crippen molar-refractivity contribution in [3.05, 3.63) is 71.8 Å². The molecule has 4 aromatic rings. The van der Waals surface area contributed by atoms with E-state index in [1.807, 2.05) is 18.2 Å². The maximum absolute atomic E-state index is 13.9. The standard InChI is InChI=1S/C20H14F2N6O2S/c21-12-5-6-17(13(22)9-12)30-11-18-25-26-20-28(18)27(7-8-31-20)19(29)16-10-23-14-3-1-2-4-15(14)24-16/h1-6,9-10H,7-8,11H2. The van der Waals surface area contributed by atoms with Gasteiger partial charge in [0, 0.05) is 11.8 Å². The lowest BCUT2D eigenvalue weighted by Crippen LogP contribution is -2.46. The van der Waals surface area contributed by atoms with Gasteiger partial charge < -0.3 is 4.74 Å². The average Bonchev–Trinajstić information content (AvgIpc) is 3.21. The minimum absolute atomic E-state index is 0.125. The Morgan fingerprint density at radius 3 is 2.81 bits per heavy atom. The number of aromatic nitrogens is 5. The van der Waals surface area contributed by atoms with E-state index in [9.17, 15) is 13.6 Å². The van der Waals surface area contributed by atoms with Crippen molar-refractivity contribution >= 4 is 28.7 Å². The van der Waals surface area contributed by atoms with Crippen molar-refractivity contribution < 1.29 is 18.3 Å². The average molecular weight is 440 g/mol. The summed E-state index contributed by atoms with van der Waals surface area (Å²) in [6.07, 6.45) is 1.43. The number of rotatable bonds is 4. The van der Waals surface area contributed by atoms with Gasteiger partial charge in [-0.3, -0.25) is 9.78 Å². The molecule has 0 spiro atoms. The Labute approximate surface area is 178 Å². The maximum Gasteiger partial charge on any atom is 0.293 e. The first kappa shape index (κ1) is 19.4. The summed E-state index contributed by atoms with van der Waals surface area (Å²) in [7, 11) is 0. The highest BCUT2D eigenvalue weighted by atomic mass is 32.2. The Balaban J connectivity index is 1.43. The monoisotopic (exact) mass is 440 g/mol. The highest BCUT2D eigenvalue weighted by Gasteiger charge is 2.29. The quantitative estimate of drug-likeness (QED) is 0.482. The molecule has 1 aliphatic rings. The van der Waals surface area contributed by atoms with Crippen molar-refractivity contribution in [1.29, 1.82) is 0 Å². The van der Waals surface area contributed by atoms with Crippen LogP contribution in [0.25, 0.3) is 11.0 Å². The van der Waals surface area contributed by atoms with Crippen molar-refractivity contribution in [2.75, 3.05) is 17.3 Å². The smallest absolute Gasteiger partial charge is 0.293 e. The lowest BCUT2D eigenvalue weighted by Gasteiger charge is -2.28. The van der Waals surface area contributed by atoms with Gasteiger partial charge in [-0.25, -0.2) is 23.4 Å². The summed E-state index contributed by atoms with van der Waals surface area (Å²) in [5.41, 5.74) is 1.48. The molecule has 1 aliphatic heterocycles. The molecule has 0 saturated carbocycles. The molecule has 156 valence electrons. The minimum Gasteiger partial charge on any atom is -0.482 e. The van der Waals surface area contributed by atoms with E-state index in [4.69, 9.17) is 4.74 Å². The summed E-state index contributed by atoms with van der Waals surface area (Å²) in [6, 6.07) is 10.3. The number of hydrogen-bond acceptors (Lipinski definition) is 7. The third kappa shape index (κ3) is 3.67. The highest BCUT2D eigenvalue weighted by Crippen LogP contribution is 2.25. The molecule has 31 heavy (non-hydrogen) atoms. The zero-order chi connectivity index (χ0) is 21.4. The summed E-state index contributed by atoms with van der Waals surface area (Å²) in [5, 5.41) is 10.1. The highest BCUT2D eigenvalue weighted by molar-refractivity contribution is 7.99. The minimum atomic E-state index is -0.827. The lowest BCUT2D eigenvalue weighted by molar-refractivity contribution is 0.0947. The second-order valence-corrected chi connectivity index (χ2v) is 7.66. The number of para-hydroxylation sites is 2. The number of carbonyl (C=O) groups is 1. The Bertz CT molecular complexity index is 1300. The molecule has 8 nitrogen and oxygen atoms in total. The lowest BCUT2D eigenvalue weighted by atomic mass is 10.3. The van der Waals surface area contributed by atoms with Crippen LogP contribution >= 0.6 is 11.8 Å². The molecule has 2 aromatic heterocycles. The van der Waals surface area contributed by atoms with Crippen LogP contribution in [0.3, 0.4) is 0 Å². The molecule has 0 fully saturated rings. The summed E-state index contributed by atoms with van der Waals surface area (Å²) >= 11 is 1.44. The van der Waals surface area contributed by atoms with Gasteiger partial charge in [0.1, 0.15) is 18.1 Å². The first-order valence-corrected chi connectivity index (χ1v) is 10.3. The predicted octanol–water partition coefficient (Wildman–Crippen LogP) is 2.96. The van der Waals surface area contributed by atoms with E-state index in [0.717, 1.165) is 12.1 Å². The summed E-state index contributed by atoms with van der Waals surface area (Å²) < 4.78 is 34.0. The van der Waals surface area contributed by atoms with Gasteiger partial charge in [0.2, 0.25) is 5.16 Å². The number of hydrogen-bond donors (Lipinski definition) is 0. The van der Waals surface area contributed by atoms with Crippen LogP contribution in [-0.4, -0.2) is 43.0 Å². The molecular formula is C20H14F2N6O2S. The molecule has 3 heterocycles. The van der Waals surface area contributed by atoms with E-state index in [-0.39, 0.29) is 24.0 Å². The van der Waals surface area contributed by atoms with Crippen molar-refractivity contribution in [3.63, 3.8) is 0 Å². The number of ether oxygens (including phenoxy) is 1. The number of carbonyl (C=O) groups excluding carboxylic acids is 1. The second kappa shape index (κ2) is 7.91. The van der Waals surface area contributed by atoms with Crippen LogP contribution in [0.15, 0.2) is 53.8 Å². The third-order valence-electron chi connectivity index (χ3n) is 4.61. The Kier molecular flexibility index (Phi) is 4.94. The number of thioether (sulfide) groups is 1. The topological polar surface area (TPSA) is 86.0 Å². The predicted molar refractivity (Wildman–Crippen MR) is 108 cm³/mol. The van der Waals surface area contributed by atoms with E-state index < -0.39 is 11.6 Å². The van der Waals surface area contributed by atoms with E-state index >= 15 is 0 Å². The largest absolute Gasteiger partial charge is 0.482 e. The maximum atomic E-state index is 13.9. The van der Waals surface area contributed by atoms with Gasteiger partial charge in [-0.05, 0) is 24.3 Å². The molecule has 0 aliphatic carbocycles. The fraction of sp³-hybridized carbons (Fsp3) is 0.150. The fourth-order valence-corrected chi connectivity index (χ4v) is 4.03. The van der Waals surface area contributed by atoms with Gasteiger partial charge in [-0.2, -0.15) is 0 Å². The Morgan fingerprint density at radius 1 is 1.13 bits per heavy atom.